The molecule has 1 aromatic carbocycles. The summed E-state index contributed by atoms with van der Waals surface area (Å²) in [5.41, 5.74) is 4.98. The van der Waals surface area contributed by atoms with Crippen molar-refractivity contribution in [3.63, 3.8) is 0 Å². The minimum absolute atomic E-state index is 0.516. The van der Waals surface area contributed by atoms with Crippen molar-refractivity contribution in [2.75, 3.05) is 32.1 Å². The number of pyridine rings is 1. The lowest BCUT2D eigenvalue weighted by atomic mass is 9.99. The number of rotatable bonds is 5. The van der Waals surface area contributed by atoms with Crippen LogP contribution in [0.3, 0.4) is 0 Å². The van der Waals surface area contributed by atoms with Gasteiger partial charge in [-0.2, -0.15) is 0 Å². The smallest absolute Gasteiger partial charge is 0.163 e. The molecule has 0 bridgehead atoms. The molecule has 0 amide bonds. The van der Waals surface area contributed by atoms with E-state index in [2.05, 4.69) is 22.8 Å². The van der Waals surface area contributed by atoms with Gasteiger partial charge in [-0.3, -0.25) is 4.98 Å². The summed E-state index contributed by atoms with van der Waals surface area (Å²) >= 11 is 0. The summed E-state index contributed by atoms with van der Waals surface area (Å²) in [7, 11) is 1.71. The van der Waals surface area contributed by atoms with E-state index in [9.17, 15) is 0 Å². The van der Waals surface area contributed by atoms with E-state index in [4.69, 9.17) is 14.5 Å². The largest absolute Gasteiger partial charge is 0.493 e. The molecule has 0 atom stereocenters. The number of piperidine rings is 1. The van der Waals surface area contributed by atoms with Gasteiger partial charge in [-0.15, -0.1) is 0 Å². The maximum atomic E-state index is 5.80. The number of hydrogen-bond acceptors (Lipinski definition) is 5. The van der Waals surface area contributed by atoms with Crippen LogP contribution in [0.1, 0.15) is 50.3 Å². The molecule has 2 N–H and O–H groups in total. The molecule has 1 aliphatic carbocycles. The molecule has 4 rings (SSSR count). The van der Waals surface area contributed by atoms with Crippen molar-refractivity contribution in [2.45, 2.75) is 57.9 Å². The lowest BCUT2D eigenvalue weighted by Crippen LogP contribution is -2.35. The number of nitrogens with one attached hydrogen (secondary N) is 2. The number of fused-ring (bicyclic) bond motifs is 2. The van der Waals surface area contributed by atoms with Crippen molar-refractivity contribution in [3.8, 4) is 11.5 Å². The minimum atomic E-state index is 0.516. The highest BCUT2D eigenvalue weighted by atomic mass is 16.5. The van der Waals surface area contributed by atoms with Gasteiger partial charge in [0.1, 0.15) is 0 Å². The molecule has 2 aromatic rings. The monoisotopic (exact) mass is 369 g/mol. The summed E-state index contributed by atoms with van der Waals surface area (Å²) in [5.74, 6) is 1.56. The Kier molecular flexibility index (Phi) is 5.67. The van der Waals surface area contributed by atoms with E-state index in [1.165, 1.54) is 36.2 Å². The predicted molar refractivity (Wildman–Crippen MR) is 110 cm³/mol. The predicted octanol–water partition coefficient (Wildman–Crippen LogP) is 4.07. The molecule has 1 fully saturated rings. The Hall–Kier alpha value is -2.01. The molecule has 0 spiro atoms. The summed E-state index contributed by atoms with van der Waals surface area (Å²) in [5, 5.41) is 8.53. The van der Waals surface area contributed by atoms with E-state index in [-0.39, 0.29) is 0 Å². The van der Waals surface area contributed by atoms with Crippen molar-refractivity contribution < 1.29 is 9.47 Å². The van der Waals surface area contributed by atoms with Crippen LogP contribution in [0.2, 0.25) is 0 Å². The second-order valence-corrected chi connectivity index (χ2v) is 7.59. The van der Waals surface area contributed by atoms with E-state index in [1.54, 1.807) is 7.11 Å². The summed E-state index contributed by atoms with van der Waals surface area (Å²) in [6.07, 6.45) is 8.26. The van der Waals surface area contributed by atoms with E-state index in [0.717, 1.165) is 61.2 Å². The van der Waals surface area contributed by atoms with Gasteiger partial charge in [0, 0.05) is 28.9 Å². The number of methoxy groups -OCH3 is 1. The zero-order chi connectivity index (χ0) is 18.6. The zero-order valence-corrected chi connectivity index (χ0v) is 16.6. The molecule has 1 aliphatic heterocycles. The number of anilines is 1. The Labute approximate surface area is 161 Å². The van der Waals surface area contributed by atoms with Gasteiger partial charge < -0.3 is 20.1 Å². The molecule has 5 heteroatoms. The highest BCUT2D eigenvalue weighted by Gasteiger charge is 2.22. The first-order chi connectivity index (χ1) is 13.3. The Morgan fingerprint density at radius 1 is 1.11 bits per heavy atom. The zero-order valence-electron chi connectivity index (χ0n) is 16.6. The third kappa shape index (κ3) is 3.84. The third-order valence-corrected chi connectivity index (χ3v) is 5.78. The number of ether oxygens (including phenoxy) is 2. The molecule has 0 radical (unpaired) electrons. The summed E-state index contributed by atoms with van der Waals surface area (Å²) < 4.78 is 11.4. The molecule has 2 heterocycles. The summed E-state index contributed by atoms with van der Waals surface area (Å²) in [6, 6.07) is 4.68. The van der Waals surface area contributed by atoms with Crippen LogP contribution in [0, 0.1) is 0 Å². The van der Waals surface area contributed by atoms with Gasteiger partial charge in [-0.1, -0.05) is 6.42 Å². The van der Waals surface area contributed by atoms with Gasteiger partial charge >= 0.3 is 0 Å². The van der Waals surface area contributed by atoms with Crippen molar-refractivity contribution in [3.05, 3.63) is 23.4 Å². The fraction of sp³-hybridized carbons (Fsp3) is 0.591. The number of nitrogens with zero attached hydrogens (tertiary/aromatic N) is 1. The SMILES string of the molecule is CCOc1cc2nc3c(c(NC4CCNCC4)c2cc1OC)CCCCC3. The topological polar surface area (TPSA) is 55.4 Å². The quantitative estimate of drug-likeness (QED) is 0.778. The Balaban J connectivity index is 1.85. The van der Waals surface area contributed by atoms with Crippen LogP contribution in [-0.4, -0.2) is 37.8 Å². The van der Waals surface area contributed by atoms with Gasteiger partial charge in [-0.05, 0) is 70.2 Å². The second-order valence-electron chi connectivity index (χ2n) is 7.59. The van der Waals surface area contributed by atoms with E-state index in [1.807, 2.05) is 6.92 Å². The van der Waals surface area contributed by atoms with Crippen LogP contribution in [0.4, 0.5) is 5.69 Å². The van der Waals surface area contributed by atoms with Crippen molar-refractivity contribution in [2.24, 2.45) is 0 Å². The first-order valence-corrected chi connectivity index (χ1v) is 10.4. The Morgan fingerprint density at radius 2 is 1.93 bits per heavy atom. The lowest BCUT2D eigenvalue weighted by Gasteiger charge is -2.27. The molecule has 5 nitrogen and oxygen atoms in total. The lowest BCUT2D eigenvalue weighted by molar-refractivity contribution is 0.311. The first kappa shape index (κ1) is 18.4. The van der Waals surface area contributed by atoms with Gasteiger partial charge in [0.2, 0.25) is 0 Å². The van der Waals surface area contributed by atoms with Crippen LogP contribution in [-0.2, 0) is 12.8 Å². The number of aromatic nitrogens is 1. The minimum Gasteiger partial charge on any atom is -0.493 e. The summed E-state index contributed by atoms with van der Waals surface area (Å²) in [4.78, 5) is 5.06. The average molecular weight is 370 g/mol. The number of aryl methyl sites for hydroxylation is 1. The molecular formula is C22H31N3O2. The Morgan fingerprint density at radius 3 is 2.70 bits per heavy atom. The Bertz CT molecular complexity index is 795. The normalized spacial score (nSPS) is 18.0. The maximum absolute atomic E-state index is 5.80. The van der Waals surface area contributed by atoms with Gasteiger partial charge in [0.25, 0.3) is 0 Å². The van der Waals surface area contributed by atoms with Crippen LogP contribution in [0.5, 0.6) is 11.5 Å². The highest BCUT2D eigenvalue weighted by Crippen LogP contribution is 2.39. The second kappa shape index (κ2) is 8.34. The highest BCUT2D eigenvalue weighted by molar-refractivity contribution is 5.96. The summed E-state index contributed by atoms with van der Waals surface area (Å²) in [6.45, 7) is 4.78. The van der Waals surface area contributed by atoms with Crippen LogP contribution in [0.25, 0.3) is 10.9 Å². The number of hydrogen-bond donors (Lipinski definition) is 2. The molecule has 146 valence electrons. The molecule has 1 saturated heterocycles. The average Bonchev–Trinajstić information content (AvgIpc) is 2.94. The number of benzene rings is 1. The fourth-order valence-electron chi connectivity index (χ4n) is 4.37. The van der Waals surface area contributed by atoms with E-state index < -0.39 is 0 Å². The van der Waals surface area contributed by atoms with Crippen molar-refractivity contribution >= 4 is 16.6 Å². The van der Waals surface area contributed by atoms with Crippen molar-refractivity contribution in [1.82, 2.24) is 10.3 Å². The fourth-order valence-corrected chi connectivity index (χ4v) is 4.37. The van der Waals surface area contributed by atoms with Gasteiger partial charge in [0.05, 0.1) is 19.2 Å². The van der Waals surface area contributed by atoms with Crippen LogP contribution >= 0.6 is 0 Å². The standard InChI is InChI=1S/C22H31N3O2/c1-3-27-21-14-19-17(13-20(21)26-2)22(24-15-9-11-23-12-10-15)16-7-5-4-6-8-18(16)25-19/h13-15,23H,3-12H2,1-2H3,(H,24,25). The van der Waals surface area contributed by atoms with Crippen LogP contribution < -0.4 is 20.1 Å². The molecule has 27 heavy (non-hydrogen) atoms. The molecule has 2 aliphatic rings. The molecule has 1 aromatic heterocycles. The molecule has 0 saturated carbocycles. The van der Waals surface area contributed by atoms with Crippen LogP contribution in [0.15, 0.2) is 12.1 Å². The van der Waals surface area contributed by atoms with Crippen molar-refractivity contribution in [1.29, 1.82) is 0 Å². The van der Waals surface area contributed by atoms with Gasteiger partial charge in [-0.25, -0.2) is 0 Å². The molecular weight excluding hydrogens is 338 g/mol. The van der Waals surface area contributed by atoms with Gasteiger partial charge in [0.15, 0.2) is 11.5 Å². The third-order valence-electron chi connectivity index (χ3n) is 5.78. The van der Waals surface area contributed by atoms with E-state index >= 15 is 0 Å². The first-order valence-electron chi connectivity index (χ1n) is 10.4. The van der Waals surface area contributed by atoms with E-state index in [0.29, 0.717) is 12.6 Å². The maximum Gasteiger partial charge on any atom is 0.163 e. The molecule has 0 unspecified atom stereocenters.